The maximum atomic E-state index is 13.2. The number of aliphatic hydroxyl groups is 2. The molecule has 0 spiro atoms. The van der Waals surface area contributed by atoms with Crippen LogP contribution < -0.4 is 5.32 Å². The number of rotatable bonds is 49. The smallest absolute Gasteiger partial charge is 0.306 e. The summed E-state index contributed by atoms with van der Waals surface area (Å²) in [6, 6.07) is -0.733. The maximum Gasteiger partial charge on any atom is 0.306 e. The molecule has 0 radical (unpaired) electrons. The minimum atomic E-state index is -0.813. The van der Waals surface area contributed by atoms with Crippen LogP contribution >= 0.6 is 0 Å². The summed E-state index contributed by atoms with van der Waals surface area (Å²) >= 11 is 0. The molecule has 372 valence electrons. The standard InChI is InChI=1S/C58H105NO5/c1-4-7-10-13-16-19-22-25-27-28-29-31-33-36-39-42-45-48-51-58(63)64-54(49-46-43-40-37-34-32-30-26-23-20-17-14-11-8-5-2)52-57(62)59-55(53-60)56(61)50-47-44-41-38-35-24-21-18-15-12-9-6-3/h17,20,26,29-31,34,37,43,46,54-56,60-61H,4-16,18-19,21-25,27-28,32-33,35-36,38-42,44-45,47-53H2,1-3H3,(H,59,62)/b20-17-,30-26-,31-29+,37-34-,46-43-. The molecule has 0 heterocycles. The Morgan fingerprint density at radius 3 is 1.30 bits per heavy atom. The van der Waals surface area contributed by atoms with E-state index >= 15 is 0 Å². The van der Waals surface area contributed by atoms with Crippen molar-refractivity contribution in [3.05, 3.63) is 60.8 Å². The van der Waals surface area contributed by atoms with Gasteiger partial charge in [0.05, 0.1) is 25.2 Å². The molecule has 0 fully saturated rings. The zero-order chi connectivity index (χ0) is 46.7. The van der Waals surface area contributed by atoms with E-state index in [2.05, 4.69) is 80.8 Å². The van der Waals surface area contributed by atoms with Crippen molar-refractivity contribution in [2.75, 3.05) is 6.61 Å². The summed E-state index contributed by atoms with van der Waals surface area (Å²) in [5.74, 6) is -0.581. The quantitative estimate of drug-likeness (QED) is 0.0321. The average Bonchev–Trinajstić information content (AvgIpc) is 3.29. The van der Waals surface area contributed by atoms with E-state index in [4.69, 9.17) is 4.74 Å². The van der Waals surface area contributed by atoms with Crippen LogP contribution in [0.15, 0.2) is 60.8 Å². The van der Waals surface area contributed by atoms with Crippen LogP contribution in [0.25, 0.3) is 0 Å². The third-order valence-corrected chi connectivity index (χ3v) is 12.3. The lowest BCUT2D eigenvalue weighted by Gasteiger charge is -2.24. The number of unbranched alkanes of at least 4 members (excludes halogenated alkanes) is 28. The monoisotopic (exact) mass is 896 g/mol. The fraction of sp³-hybridized carbons (Fsp3) is 0.793. The number of carbonyl (C=O) groups excluding carboxylic acids is 2. The van der Waals surface area contributed by atoms with Crippen LogP contribution in [0.3, 0.4) is 0 Å². The molecule has 0 rings (SSSR count). The number of hydrogen-bond donors (Lipinski definition) is 3. The molecule has 3 atom stereocenters. The van der Waals surface area contributed by atoms with Gasteiger partial charge >= 0.3 is 5.97 Å². The number of carbonyl (C=O) groups is 2. The molecule has 3 unspecified atom stereocenters. The molecule has 0 aliphatic carbocycles. The third kappa shape index (κ3) is 46.1. The van der Waals surface area contributed by atoms with Crippen molar-refractivity contribution < 1.29 is 24.5 Å². The van der Waals surface area contributed by atoms with Gasteiger partial charge in [0.1, 0.15) is 6.10 Å². The van der Waals surface area contributed by atoms with E-state index in [0.29, 0.717) is 19.3 Å². The highest BCUT2D eigenvalue weighted by molar-refractivity contribution is 5.77. The number of hydrogen-bond acceptors (Lipinski definition) is 5. The van der Waals surface area contributed by atoms with Crippen LogP contribution in [-0.2, 0) is 14.3 Å². The summed E-state index contributed by atoms with van der Waals surface area (Å²) in [7, 11) is 0. The van der Waals surface area contributed by atoms with Crippen molar-refractivity contribution in [3.8, 4) is 0 Å². The van der Waals surface area contributed by atoms with Crippen molar-refractivity contribution >= 4 is 11.9 Å². The highest BCUT2D eigenvalue weighted by Crippen LogP contribution is 2.16. The molecular weight excluding hydrogens is 791 g/mol. The summed E-state index contributed by atoms with van der Waals surface area (Å²) in [6.45, 7) is 6.44. The molecule has 0 aromatic rings. The first kappa shape index (κ1) is 61.6. The van der Waals surface area contributed by atoms with Gasteiger partial charge in [-0.1, -0.05) is 242 Å². The normalized spacial score (nSPS) is 13.6. The minimum absolute atomic E-state index is 0.00176. The Morgan fingerprint density at radius 2 is 0.828 bits per heavy atom. The SMILES string of the molecule is CCCCC/C=C\C/C=C\C/C=C\C/C=C\CC(CC(=O)NC(CO)C(O)CCCCCCCCCCCCCC)OC(=O)CCCCCCC/C=C/CCCCCCCCCCC. The zero-order valence-corrected chi connectivity index (χ0v) is 42.4. The Labute approximate surface area is 397 Å². The predicted octanol–water partition coefficient (Wildman–Crippen LogP) is 16.8. The van der Waals surface area contributed by atoms with E-state index in [-0.39, 0.29) is 24.9 Å². The minimum Gasteiger partial charge on any atom is -0.461 e. The van der Waals surface area contributed by atoms with Crippen molar-refractivity contribution in [1.82, 2.24) is 5.32 Å². The number of allylic oxidation sites excluding steroid dienone is 9. The number of nitrogens with one attached hydrogen (secondary N) is 1. The van der Waals surface area contributed by atoms with Crippen molar-refractivity contribution in [2.45, 2.75) is 289 Å². The fourth-order valence-electron chi connectivity index (χ4n) is 8.11. The van der Waals surface area contributed by atoms with Gasteiger partial charge in [-0.3, -0.25) is 9.59 Å². The molecule has 1 amide bonds. The largest absolute Gasteiger partial charge is 0.461 e. The highest BCUT2D eigenvalue weighted by atomic mass is 16.5. The summed E-state index contributed by atoms with van der Waals surface area (Å²) in [4.78, 5) is 26.2. The number of amides is 1. The second-order valence-electron chi connectivity index (χ2n) is 18.6. The van der Waals surface area contributed by atoms with Crippen molar-refractivity contribution in [3.63, 3.8) is 0 Å². The van der Waals surface area contributed by atoms with E-state index < -0.39 is 18.2 Å². The van der Waals surface area contributed by atoms with E-state index in [1.807, 2.05) is 6.08 Å². The zero-order valence-electron chi connectivity index (χ0n) is 42.4. The maximum absolute atomic E-state index is 13.2. The Bertz CT molecular complexity index is 1140. The van der Waals surface area contributed by atoms with E-state index in [1.165, 1.54) is 161 Å². The molecule has 6 nitrogen and oxygen atoms in total. The average molecular weight is 896 g/mol. The van der Waals surface area contributed by atoms with Crippen LogP contribution in [0, 0.1) is 0 Å². The van der Waals surface area contributed by atoms with E-state index in [9.17, 15) is 19.8 Å². The van der Waals surface area contributed by atoms with Crippen LogP contribution in [0.4, 0.5) is 0 Å². The van der Waals surface area contributed by atoms with Crippen LogP contribution in [0.5, 0.6) is 0 Å². The third-order valence-electron chi connectivity index (χ3n) is 12.3. The Kier molecular flexibility index (Phi) is 49.6. The second kappa shape index (κ2) is 51.5. The summed E-state index contributed by atoms with van der Waals surface area (Å²) in [6.07, 6.45) is 64.4. The van der Waals surface area contributed by atoms with Gasteiger partial charge < -0.3 is 20.3 Å². The first-order valence-corrected chi connectivity index (χ1v) is 27.5. The van der Waals surface area contributed by atoms with E-state index in [1.54, 1.807) is 0 Å². The van der Waals surface area contributed by atoms with Gasteiger partial charge in [0.2, 0.25) is 5.91 Å². The molecule has 0 aromatic carbocycles. The first-order chi connectivity index (χ1) is 31.5. The molecule has 0 saturated heterocycles. The van der Waals surface area contributed by atoms with Gasteiger partial charge in [-0.05, 0) is 70.6 Å². The number of ether oxygens (including phenoxy) is 1. The summed E-state index contributed by atoms with van der Waals surface area (Å²) in [5, 5.41) is 23.7. The molecule has 64 heavy (non-hydrogen) atoms. The predicted molar refractivity (Wildman–Crippen MR) is 278 cm³/mol. The van der Waals surface area contributed by atoms with E-state index in [0.717, 1.165) is 64.2 Å². The molecule has 0 aliphatic rings. The van der Waals surface area contributed by atoms with Gasteiger partial charge in [-0.25, -0.2) is 0 Å². The molecule has 0 saturated carbocycles. The molecule has 0 bridgehead atoms. The van der Waals surface area contributed by atoms with Crippen LogP contribution in [0.1, 0.15) is 271 Å². The lowest BCUT2D eigenvalue weighted by molar-refractivity contribution is -0.150. The van der Waals surface area contributed by atoms with Crippen LogP contribution in [0.2, 0.25) is 0 Å². The Hall–Kier alpha value is -2.44. The molecule has 3 N–H and O–H groups in total. The summed E-state index contributed by atoms with van der Waals surface area (Å²) < 4.78 is 5.88. The van der Waals surface area contributed by atoms with Crippen molar-refractivity contribution in [2.24, 2.45) is 0 Å². The second-order valence-corrected chi connectivity index (χ2v) is 18.6. The fourth-order valence-corrected chi connectivity index (χ4v) is 8.11. The van der Waals surface area contributed by atoms with Gasteiger partial charge in [0.25, 0.3) is 0 Å². The van der Waals surface area contributed by atoms with Gasteiger partial charge in [0, 0.05) is 12.8 Å². The topological polar surface area (TPSA) is 95.9 Å². The Morgan fingerprint density at radius 1 is 0.469 bits per heavy atom. The number of esters is 1. The Balaban J connectivity index is 4.68. The lowest BCUT2D eigenvalue weighted by atomic mass is 10.0. The molecule has 6 heteroatoms. The lowest BCUT2D eigenvalue weighted by Crippen LogP contribution is -2.46. The molecule has 0 aromatic heterocycles. The first-order valence-electron chi connectivity index (χ1n) is 27.5. The highest BCUT2D eigenvalue weighted by Gasteiger charge is 2.23. The van der Waals surface area contributed by atoms with Crippen molar-refractivity contribution in [1.29, 1.82) is 0 Å². The van der Waals surface area contributed by atoms with Gasteiger partial charge in [-0.15, -0.1) is 0 Å². The molecule has 0 aliphatic heterocycles. The summed E-state index contributed by atoms with van der Waals surface area (Å²) in [5.41, 5.74) is 0. The van der Waals surface area contributed by atoms with Gasteiger partial charge in [0.15, 0.2) is 0 Å². The molecular formula is C58H105NO5. The van der Waals surface area contributed by atoms with Crippen LogP contribution in [-0.4, -0.2) is 46.9 Å². The van der Waals surface area contributed by atoms with Gasteiger partial charge in [-0.2, -0.15) is 0 Å². The number of aliphatic hydroxyl groups excluding tert-OH is 2.